The lowest BCUT2D eigenvalue weighted by Gasteiger charge is -2.20. The predicted molar refractivity (Wildman–Crippen MR) is 77.0 cm³/mol. The first kappa shape index (κ1) is 15.3. The van der Waals surface area contributed by atoms with E-state index in [1.165, 1.54) is 0 Å². The van der Waals surface area contributed by atoms with Crippen molar-refractivity contribution in [2.75, 3.05) is 13.2 Å². The number of amides is 2. The van der Waals surface area contributed by atoms with Crippen molar-refractivity contribution in [1.82, 2.24) is 5.32 Å². The van der Waals surface area contributed by atoms with Crippen LogP contribution in [0.2, 0.25) is 0 Å². The van der Waals surface area contributed by atoms with Crippen LogP contribution in [0.1, 0.15) is 30.1 Å². The lowest BCUT2D eigenvalue weighted by molar-refractivity contribution is -0.119. The number of rotatable bonds is 6. The largest absolute Gasteiger partial charge is 0.483 e. The van der Waals surface area contributed by atoms with Gasteiger partial charge in [-0.3, -0.25) is 9.59 Å². The van der Waals surface area contributed by atoms with Crippen LogP contribution in [0, 0.1) is 0 Å². The number of nitrogens with two attached hydrogens (primary N) is 1. The first-order valence-corrected chi connectivity index (χ1v) is 7.00. The number of carbonyl (C=O) groups excluding carboxylic acids is 2. The number of hydrogen-bond donors (Lipinski definition) is 2. The summed E-state index contributed by atoms with van der Waals surface area (Å²) in [6.07, 6.45) is 2.01. The van der Waals surface area contributed by atoms with E-state index < -0.39 is 5.91 Å². The van der Waals surface area contributed by atoms with Gasteiger partial charge in [0.25, 0.3) is 11.8 Å². The van der Waals surface area contributed by atoms with E-state index in [0.29, 0.717) is 11.3 Å². The van der Waals surface area contributed by atoms with Crippen LogP contribution < -0.4 is 15.8 Å². The standard InChI is InChI=1S/C15H20N2O4/c1-10(12-7-4-8-20-12)17-15(19)11-5-2-3-6-13(11)21-9-14(16)18/h2-3,5-6,10,12H,4,7-9H2,1H3,(H2,16,18)(H,17,19)/t10-,12+/m0/s1. The third-order valence-electron chi connectivity index (χ3n) is 3.38. The molecule has 0 radical (unpaired) electrons. The van der Waals surface area contributed by atoms with E-state index in [1.54, 1.807) is 24.3 Å². The first-order chi connectivity index (χ1) is 10.1. The summed E-state index contributed by atoms with van der Waals surface area (Å²) in [7, 11) is 0. The Morgan fingerprint density at radius 2 is 2.24 bits per heavy atom. The van der Waals surface area contributed by atoms with Gasteiger partial charge in [0.2, 0.25) is 0 Å². The SMILES string of the molecule is C[C@H](NC(=O)c1ccccc1OCC(N)=O)[C@H]1CCCO1. The molecule has 21 heavy (non-hydrogen) atoms. The number of nitrogens with one attached hydrogen (secondary N) is 1. The van der Waals surface area contributed by atoms with Gasteiger partial charge in [-0.15, -0.1) is 0 Å². The van der Waals surface area contributed by atoms with E-state index in [9.17, 15) is 9.59 Å². The van der Waals surface area contributed by atoms with E-state index in [2.05, 4.69) is 5.32 Å². The summed E-state index contributed by atoms with van der Waals surface area (Å²) in [6, 6.07) is 6.67. The van der Waals surface area contributed by atoms with E-state index in [1.807, 2.05) is 6.92 Å². The lowest BCUT2D eigenvalue weighted by Crippen LogP contribution is -2.41. The van der Waals surface area contributed by atoms with Gasteiger partial charge < -0.3 is 20.5 Å². The maximum atomic E-state index is 12.3. The Hall–Kier alpha value is -2.08. The van der Waals surface area contributed by atoms with Gasteiger partial charge in [0.05, 0.1) is 17.7 Å². The monoisotopic (exact) mass is 292 g/mol. The zero-order valence-electron chi connectivity index (χ0n) is 12.0. The molecule has 114 valence electrons. The minimum absolute atomic E-state index is 0.0488. The molecule has 3 N–H and O–H groups in total. The van der Waals surface area contributed by atoms with Gasteiger partial charge in [0.15, 0.2) is 6.61 Å². The molecular weight excluding hydrogens is 272 g/mol. The van der Waals surface area contributed by atoms with Crippen molar-refractivity contribution < 1.29 is 19.1 Å². The Labute approximate surface area is 123 Å². The molecule has 1 saturated heterocycles. The molecular formula is C15H20N2O4. The average Bonchev–Trinajstić information content (AvgIpc) is 2.99. The van der Waals surface area contributed by atoms with E-state index in [0.717, 1.165) is 19.4 Å². The molecule has 0 unspecified atom stereocenters. The highest BCUT2D eigenvalue weighted by atomic mass is 16.5. The van der Waals surface area contributed by atoms with Crippen molar-refractivity contribution in [3.8, 4) is 5.75 Å². The normalized spacial score (nSPS) is 19.0. The Bertz CT molecular complexity index is 512. The van der Waals surface area contributed by atoms with Gasteiger partial charge in [-0.25, -0.2) is 0 Å². The minimum atomic E-state index is -0.585. The maximum Gasteiger partial charge on any atom is 0.255 e. The molecule has 1 aliphatic heterocycles. The summed E-state index contributed by atoms with van der Waals surface area (Å²) in [6.45, 7) is 2.40. The summed E-state index contributed by atoms with van der Waals surface area (Å²) < 4.78 is 10.8. The molecule has 2 atom stereocenters. The lowest BCUT2D eigenvalue weighted by atomic mass is 10.1. The van der Waals surface area contributed by atoms with E-state index in [-0.39, 0.29) is 24.7 Å². The topological polar surface area (TPSA) is 90.6 Å². The molecule has 1 aromatic rings. The fourth-order valence-electron chi connectivity index (χ4n) is 2.30. The van der Waals surface area contributed by atoms with Gasteiger partial charge in [0.1, 0.15) is 5.75 Å². The van der Waals surface area contributed by atoms with Crippen molar-refractivity contribution >= 4 is 11.8 Å². The van der Waals surface area contributed by atoms with Crippen LogP contribution in [0.3, 0.4) is 0 Å². The first-order valence-electron chi connectivity index (χ1n) is 7.00. The summed E-state index contributed by atoms with van der Waals surface area (Å²) in [5.41, 5.74) is 5.43. The second-order valence-electron chi connectivity index (χ2n) is 5.06. The van der Waals surface area contributed by atoms with Gasteiger partial charge in [-0.2, -0.15) is 0 Å². The molecule has 1 aromatic carbocycles. The molecule has 0 spiro atoms. The second-order valence-corrected chi connectivity index (χ2v) is 5.06. The van der Waals surface area contributed by atoms with Gasteiger partial charge in [-0.1, -0.05) is 12.1 Å². The Kier molecular flexibility index (Phi) is 5.16. The van der Waals surface area contributed by atoms with Crippen LogP contribution >= 0.6 is 0 Å². The van der Waals surface area contributed by atoms with Crippen LogP contribution in [0.25, 0.3) is 0 Å². The number of hydrogen-bond acceptors (Lipinski definition) is 4. The highest BCUT2D eigenvalue weighted by Gasteiger charge is 2.24. The molecule has 0 bridgehead atoms. The van der Waals surface area contributed by atoms with Crippen LogP contribution in [0.4, 0.5) is 0 Å². The average molecular weight is 292 g/mol. The van der Waals surface area contributed by atoms with E-state index >= 15 is 0 Å². The summed E-state index contributed by atoms with van der Waals surface area (Å²) >= 11 is 0. The molecule has 0 aliphatic carbocycles. The number of ether oxygens (including phenoxy) is 2. The molecule has 2 rings (SSSR count). The molecule has 1 fully saturated rings. The highest BCUT2D eigenvalue weighted by Crippen LogP contribution is 2.20. The van der Waals surface area contributed by atoms with Gasteiger partial charge >= 0.3 is 0 Å². The van der Waals surface area contributed by atoms with Gasteiger partial charge in [-0.05, 0) is 31.9 Å². The fourth-order valence-corrected chi connectivity index (χ4v) is 2.30. The Balaban J connectivity index is 2.02. The molecule has 0 aromatic heterocycles. The van der Waals surface area contributed by atoms with Crippen LogP contribution in [0.15, 0.2) is 24.3 Å². The van der Waals surface area contributed by atoms with Crippen molar-refractivity contribution in [1.29, 1.82) is 0 Å². The van der Waals surface area contributed by atoms with Crippen LogP contribution in [0.5, 0.6) is 5.75 Å². The van der Waals surface area contributed by atoms with Gasteiger partial charge in [0, 0.05) is 6.61 Å². The van der Waals surface area contributed by atoms with Crippen molar-refractivity contribution in [2.24, 2.45) is 5.73 Å². The van der Waals surface area contributed by atoms with Crippen molar-refractivity contribution in [2.45, 2.75) is 31.9 Å². The molecule has 1 heterocycles. The number of para-hydroxylation sites is 1. The number of carbonyl (C=O) groups is 2. The highest BCUT2D eigenvalue weighted by molar-refractivity contribution is 5.97. The minimum Gasteiger partial charge on any atom is -0.483 e. The van der Waals surface area contributed by atoms with Crippen molar-refractivity contribution in [3.63, 3.8) is 0 Å². The molecule has 2 amide bonds. The zero-order chi connectivity index (χ0) is 15.2. The van der Waals surface area contributed by atoms with Crippen LogP contribution in [-0.4, -0.2) is 37.2 Å². The zero-order valence-corrected chi connectivity index (χ0v) is 12.0. The van der Waals surface area contributed by atoms with Crippen LogP contribution in [-0.2, 0) is 9.53 Å². The smallest absolute Gasteiger partial charge is 0.255 e. The molecule has 6 heteroatoms. The number of benzene rings is 1. The quantitative estimate of drug-likeness (QED) is 0.813. The Morgan fingerprint density at radius 3 is 2.90 bits per heavy atom. The fraction of sp³-hybridized carbons (Fsp3) is 0.467. The maximum absolute atomic E-state index is 12.3. The van der Waals surface area contributed by atoms with E-state index in [4.69, 9.17) is 15.2 Å². The second kappa shape index (κ2) is 7.08. The summed E-state index contributed by atoms with van der Waals surface area (Å²) in [5, 5.41) is 2.91. The Morgan fingerprint density at radius 1 is 1.48 bits per heavy atom. The summed E-state index contributed by atoms with van der Waals surface area (Å²) in [4.78, 5) is 23.1. The van der Waals surface area contributed by atoms with Crippen molar-refractivity contribution in [3.05, 3.63) is 29.8 Å². The molecule has 0 saturated carbocycles. The third kappa shape index (κ3) is 4.19. The molecule has 1 aliphatic rings. The summed E-state index contributed by atoms with van der Waals surface area (Å²) in [5.74, 6) is -0.496. The number of primary amides is 1. The predicted octanol–water partition coefficient (Wildman–Crippen LogP) is 0.848. The molecule has 6 nitrogen and oxygen atoms in total. The third-order valence-corrected chi connectivity index (χ3v) is 3.38.